The number of hydrogen-bond acceptors (Lipinski definition) is 3. The summed E-state index contributed by atoms with van der Waals surface area (Å²) < 4.78 is 11.3. The highest BCUT2D eigenvalue weighted by molar-refractivity contribution is 6.30. The number of ether oxygens (including phenoxy) is 2. The second-order valence-electron chi connectivity index (χ2n) is 4.14. The fraction of sp³-hybridized carbons (Fsp3) is 0.308. The van der Waals surface area contributed by atoms with Crippen LogP contribution in [0.4, 0.5) is 0 Å². The van der Waals surface area contributed by atoms with Gasteiger partial charge in [0.25, 0.3) is 0 Å². The molecule has 0 aliphatic carbocycles. The van der Waals surface area contributed by atoms with Crippen LogP contribution in [0, 0.1) is 6.92 Å². The van der Waals surface area contributed by atoms with Crippen LogP contribution < -0.4 is 9.47 Å². The lowest BCUT2D eigenvalue weighted by Gasteiger charge is -2.09. The minimum atomic E-state index is 0.534. The zero-order chi connectivity index (χ0) is 11.8. The van der Waals surface area contributed by atoms with Crippen LogP contribution in [0.15, 0.2) is 18.2 Å². The van der Waals surface area contributed by atoms with Crippen molar-refractivity contribution in [3.8, 4) is 11.5 Å². The highest BCUT2D eigenvalue weighted by atomic mass is 35.5. The summed E-state index contributed by atoms with van der Waals surface area (Å²) in [6.45, 7) is 3.31. The lowest BCUT2D eigenvalue weighted by molar-refractivity contribution is 0.297. The minimum absolute atomic E-state index is 0.534. The Bertz CT molecular complexity index is 533. The fourth-order valence-corrected chi connectivity index (χ4v) is 2.06. The van der Waals surface area contributed by atoms with Gasteiger partial charge >= 0.3 is 0 Å². The zero-order valence-electron chi connectivity index (χ0n) is 9.50. The largest absolute Gasteiger partial charge is 0.490 e. The summed E-state index contributed by atoms with van der Waals surface area (Å²) in [4.78, 5) is 4.34. The van der Waals surface area contributed by atoms with E-state index in [4.69, 9.17) is 21.1 Å². The molecule has 17 heavy (non-hydrogen) atoms. The van der Waals surface area contributed by atoms with Gasteiger partial charge in [0.15, 0.2) is 11.5 Å². The Morgan fingerprint density at radius 3 is 2.59 bits per heavy atom. The molecule has 0 N–H and O–H groups in total. The van der Waals surface area contributed by atoms with E-state index in [-0.39, 0.29) is 0 Å². The van der Waals surface area contributed by atoms with Crippen LogP contribution in [-0.4, -0.2) is 18.2 Å². The number of rotatable bonds is 0. The van der Waals surface area contributed by atoms with Gasteiger partial charge in [0.1, 0.15) is 5.15 Å². The lowest BCUT2D eigenvalue weighted by atomic mass is 10.1. The third-order valence-corrected chi connectivity index (χ3v) is 3.20. The van der Waals surface area contributed by atoms with Gasteiger partial charge in [-0.1, -0.05) is 11.6 Å². The van der Waals surface area contributed by atoms with Gasteiger partial charge in [0.2, 0.25) is 0 Å². The molecule has 0 spiro atoms. The Morgan fingerprint density at radius 2 is 1.82 bits per heavy atom. The van der Waals surface area contributed by atoms with E-state index >= 15 is 0 Å². The van der Waals surface area contributed by atoms with E-state index in [1.54, 1.807) is 0 Å². The number of halogens is 1. The van der Waals surface area contributed by atoms with Gasteiger partial charge in [0.05, 0.1) is 18.7 Å². The van der Waals surface area contributed by atoms with E-state index in [0.29, 0.717) is 18.4 Å². The number of fused-ring (bicyclic) bond motifs is 2. The first-order valence-corrected chi connectivity index (χ1v) is 5.98. The number of aromatic nitrogens is 1. The summed E-state index contributed by atoms with van der Waals surface area (Å²) in [5.41, 5.74) is 1.80. The summed E-state index contributed by atoms with van der Waals surface area (Å²) in [6, 6.07) is 5.87. The molecule has 0 unspecified atom stereocenters. The van der Waals surface area contributed by atoms with Crippen molar-refractivity contribution < 1.29 is 9.47 Å². The smallest absolute Gasteiger partial charge is 0.163 e. The number of hydrogen-bond donors (Lipinski definition) is 0. The van der Waals surface area contributed by atoms with E-state index in [0.717, 1.165) is 34.4 Å². The molecular weight excluding hydrogens is 238 g/mol. The minimum Gasteiger partial charge on any atom is -0.490 e. The van der Waals surface area contributed by atoms with Crippen LogP contribution in [0.2, 0.25) is 5.15 Å². The standard InChI is InChI=1S/C13H12ClNO2/c1-8-5-9-6-11-12(17-4-2-3-16-11)7-10(9)15-13(8)14/h5-7H,2-4H2,1H3. The fourth-order valence-electron chi connectivity index (χ4n) is 1.91. The predicted molar refractivity (Wildman–Crippen MR) is 67.1 cm³/mol. The molecule has 1 aliphatic heterocycles. The SMILES string of the molecule is Cc1cc2cc3c(cc2nc1Cl)OCCCO3. The van der Waals surface area contributed by atoms with E-state index in [9.17, 15) is 0 Å². The first-order chi connectivity index (χ1) is 8.24. The molecule has 88 valence electrons. The van der Waals surface area contributed by atoms with Crippen molar-refractivity contribution in [2.24, 2.45) is 0 Å². The number of pyridine rings is 1. The van der Waals surface area contributed by atoms with Crippen molar-refractivity contribution in [1.29, 1.82) is 0 Å². The van der Waals surface area contributed by atoms with Crippen LogP contribution >= 0.6 is 11.6 Å². The third-order valence-electron chi connectivity index (χ3n) is 2.81. The Kier molecular flexibility index (Phi) is 2.56. The first kappa shape index (κ1) is 10.7. The van der Waals surface area contributed by atoms with Crippen molar-refractivity contribution in [1.82, 2.24) is 4.98 Å². The van der Waals surface area contributed by atoms with Crippen molar-refractivity contribution in [3.05, 3.63) is 28.9 Å². The molecular formula is C13H12ClNO2. The van der Waals surface area contributed by atoms with Crippen molar-refractivity contribution in [2.45, 2.75) is 13.3 Å². The molecule has 0 bridgehead atoms. The van der Waals surface area contributed by atoms with Crippen molar-refractivity contribution in [2.75, 3.05) is 13.2 Å². The molecule has 0 radical (unpaired) electrons. The molecule has 1 aromatic carbocycles. The van der Waals surface area contributed by atoms with E-state index < -0.39 is 0 Å². The Morgan fingerprint density at radius 1 is 1.12 bits per heavy atom. The summed E-state index contributed by atoms with van der Waals surface area (Å²) in [5.74, 6) is 1.54. The molecule has 0 fully saturated rings. The summed E-state index contributed by atoms with van der Waals surface area (Å²) in [6.07, 6.45) is 0.901. The van der Waals surface area contributed by atoms with Gasteiger partial charge in [0, 0.05) is 17.9 Å². The molecule has 1 aliphatic rings. The van der Waals surface area contributed by atoms with Gasteiger partial charge in [-0.2, -0.15) is 0 Å². The highest BCUT2D eigenvalue weighted by Gasteiger charge is 2.12. The van der Waals surface area contributed by atoms with Gasteiger partial charge in [-0.15, -0.1) is 0 Å². The van der Waals surface area contributed by atoms with Crippen LogP contribution in [0.1, 0.15) is 12.0 Å². The normalized spacial score (nSPS) is 14.7. The van der Waals surface area contributed by atoms with Crippen molar-refractivity contribution >= 4 is 22.5 Å². The Balaban J connectivity index is 2.22. The lowest BCUT2D eigenvalue weighted by Crippen LogP contribution is -1.97. The summed E-state index contributed by atoms with van der Waals surface area (Å²) >= 11 is 6.02. The monoisotopic (exact) mass is 249 g/mol. The summed E-state index contributed by atoms with van der Waals surface area (Å²) in [7, 11) is 0. The van der Waals surface area contributed by atoms with Crippen LogP contribution in [-0.2, 0) is 0 Å². The van der Waals surface area contributed by atoms with Gasteiger partial charge in [-0.25, -0.2) is 4.98 Å². The quantitative estimate of drug-likeness (QED) is 0.671. The molecule has 0 atom stereocenters. The van der Waals surface area contributed by atoms with Gasteiger partial charge < -0.3 is 9.47 Å². The van der Waals surface area contributed by atoms with Gasteiger partial charge in [-0.3, -0.25) is 0 Å². The molecule has 0 saturated heterocycles. The maximum atomic E-state index is 6.02. The molecule has 0 saturated carbocycles. The van der Waals surface area contributed by atoms with Crippen LogP contribution in [0.5, 0.6) is 11.5 Å². The summed E-state index contributed by atoms with van der Waals surface area (Å²) in [5, 5.41) is 1.56. The van der Waals surface area contributed by atoms with Crippen LogP contribution in [0.3, 0.4) is 0 Å². The van der Waals surface area contributed by atoms with Crippen molar-refractivity contribution in [3.63, 3.8) is 0 Å². The molecule has 2 aromatic rings. The maximum absolute atomic E-state index is 6.02. The topological polar surface area (TPSA) is 31.4 Å². The van der Waals surface area contributed by atoms with E-state index in [1.807, 2.05) is 25.1 Å². The van der Waals surface area contributed by atoms with Gasteiger partial charge in [-0.05, 0) is 24.6 Å². The average molecular weight is 250 g/mol. The van der Waals surface area contributed by atoms with E-state index in [2.05, 4.69) is 4.98 Å². The van der Waals surface area contributed by atoms with Crippen LogP contribution in [0.25, 0.3) is 10.9 Å². The predicted octanol–water partition coefficient (Wildman–Crippen LogP) is 3.36. The number of nitrogens with zero attached hydrogens (tertiary/aromatic N) is 1. The zero-order valence-corrected chi connectivity index (χ0v) is 10.3. The molecule has 3 rings (SSSR count). The molecule has 4 heteroatoms. The number of benzene rings is 1. The number of aryl methyl sites for hydroxylation is 1. The first-order valence-electron chi connectivity index (χ1n) is 5.60. The highest BCUT2D eigenvalue weighted by Crippen LogP contribution is 2.34. The molecule has 0 amide bonds. The Labute approximate surface area is 104 Å². The second-order valence-corrected chi connectivity index (χ2v) is 4.50. The average Bonchev–Trinajstić information content (AvgIpc) is 2.53. The second kappa shape index (κ2) is 4.08. The van der Waals surface area contributed by atoms with E-state index in [1.165, 1.54) is 0 Å². The maximum Gasteiger partial charge on any atom is 0.163 e. The third kappa shape index (κ3) is 1.91. The molecule has 1 aromatic heterocycles. The molecule has 3 nitrogen and oxygen atoms in total. The molecule has 2 heterocycles. The Hall–Kier alpha value is -1.48.